The van der Waals surface area contributed by atoms with E-state index in [9.17, 15) is 4.79 Å². The van der Waals surface area contributed by atoms with E-state index in [-0.39, 0.29) is 0 Å². The Morgan fingerprint density at radius 3 is 2.42 bits per heavy atom. The zero-order valence-electron chi connectivity index (χ0n) is 11.4. The third-order valence-electron chi connectivity index (χ3n) is 2.34. The number of methoxy groups -OCH3 is 1. The molecular formula is C15H18O4. The molecule has 0 aromatic heterocycles. The van der Waals surface area contributed by atoms with Crippen LogP contribution in [0.2, 0.25) is 0 Å². The minimum Gasteiger partial charge on any atom is -0.459 e. The van der Waals surface area contributed by atoms with E-state index in [2.05, 4.69) is 16.6 Å². The highest BCUT2D eigenvalue weighted by Crippen LogP contribution is 2.22. The third-order valence-corrected chi connectivity index (χ3v) is 2.34. The van der Waals surface area contributed by atoms with E-state index in [0.29, 0.717) is 18.8 Å². The Balaban J connectivity index is 3.04. The maximum Gasteiger partial charge on any atom is 0.384 e. The van der Waals surface area contributed by atoms with Crippen molar-refractivity contribution in [1.29, 1.82) is 0 Å². The molecule has 19 heavy (non-hydrogen) atoms. The van der Waals surface area contributed by atoms with Crippen molar-refractivity contribution < 1.29 is 19.0 Å². The van der Waals surface area contributed by atoms with Crippen molar-refractivity contribution >= 4 is 5.97 Å². The van der Waals surface area contributed by atoms with Gasteiger partial charge >= 0.3 is 5.97 Å². The van der Waals surface area contributed by atoms with Crippen LogP contribution in [0.3, 0.4) is 0 Å². The molecule has 0 radical (unpaired) electrons. The molecule has 0 saturated heterocycles. The summed E-state index contributed by atoms with van der Waals surface area (Å²) in [6.07, 6.45) is -0.474. The summed E-state index contributed by atoms with van der Waals surface area (Å²) in [5.41, 5.74) is 1.50. The van der Waals surface area contributed by atoms with Crippen LogP contribution in [0, 0.1) is 11.8 Å². The van der Waals surface area contributed by atoms with Gasteiger partial charge in [-0.25, -0.2) is 4.79 Å². The number of carbonyl (C=O) groups is 1. The molecule has 0 N–H and O–H groups in total. The van der Waals surface area contributed by atoms with Crippen molar-refractivity contribution in [1.82, 2.24) is 0 Å². The average molecular weight is 262 g/mol. The number of hydrogen-bond donors (Lipinski definition) is 0. The lowest BCUT2D eigenvalue weighted by Crippen LogP contribution is -2.10. The van der Waals surface area contributed by atoms with Crippen LogP contribution in [0.25, 0.3) is 0 Å². The van der Waals surface area contributed by atoms with Gasteiger partial charge in [-0.3, -0.25) is 0 Å². The van der Waals surface area contributed by atoms with Crippen LogP contribution in [0.15, 0.2) is 24.3 Å². The molecular weight excluding hydrogens is 244 g/mol. The van der Waals surface area contributed by atoms with E-state index in [1.165, 1.54) is 7.11 Å². The van der Waals surface area contributed by atoms with Gasteiger partial charge in [-0.05, 0) is 19.9 Å². The lowest BCUT2D eigenvalue weighted by molar-refractivity contribution is -0.140. The largest absolute Gasteiger partial charge is 0.459 e. The van der Waals surface area contributed by atoms with Crippen LogP contribution < -0.4 is 0 Å². The van der Waals surface area contributed by atoms with Gasteiger partial charge in [0.05, 0.1) is 7.11 Å². The third kappa shape index (κ3) is 4.74. The fraction of sp³-hybridized carbons (Fsp3) is 0.400. The van der Waals surface area contributed by atoms with Crippen molar-refractivity contribution in [3.63, 3.8) is 0 Å². The highest BCUT2D eigenvalue weighted by Gasteiger charge is 2.14. The van der Waals surface area contributed by atoms with Crippen LogP contribution >= 0.6 is 0 Å². The van der Waals surface area contributed by atoms with Crippen molar-refractivity contribution in [2.75, 3.05) is 20.3 Å². The smallest absolute Gasteiger partial charge is 0.384 e. The number of carbonyl (C=O) groups excluding carboxylic acids is 1. The van der Waals surface area contributed by atoms with E-state index in [1.807, 2.05) is 38.1 Å². The van der Waals surface area contributed by atoms with Gasteiger partial charge in [0.2, 0.25) is 0 Å². The average Bonchev–Trinajstić information content (AvgIpc) is 2.45. The number of hydrogen-bond acceptors (Lipinski definition) is 4. The molecule has 0 aliphatic rings. The molecule has 0 unspecified atom stereocenters. The summed E-state index contributed by atoms with van der Waals surface area (Å²) in [6.45, 7) is 4.86. The van der Waals surface area contributed by atoms with Gasteiger partial charge in [0.15, 0.2) is 6.29 Å². The summed E-state index contributed by atoms with van der Waals surface area (Å²) >= 11 is 0. The fourth-order valence-electron chi connectivity index (χ4n) is 1.52. The number of ether oxygens (including phenoxy) is 3. The first-order chi connectivity index (χ1) is 9.22. The minimum absolute atomic E-state index is 0.474. The van der Waals surface area contributed by atoms with Crippen molar-refractivity contribution in [3.05, 3.63) is 35.4 Å². The van der Waals surface area contributed by atoms with Gasteiger partial charge in [0, 0.05) is 30.3 Å². The summed E-state index contributed by atoms with van der Waals surface area (Å²) < 4.78 is 15.6. The molecule has 0 amide bonds. The van der Waals surface area contributed by atoms with E-state index < -0.39 is 12.3 Å². The Morgan fingerprint density at radius 2 is 1.84 bits per heavy atom. The molecule has 1 rings (SSSR count). The highest BCUT2D eigenvalue weighted by atomic mass is 16.7. The number of esters is 1. The van der Waals surface area contributed by atoms with Gasteiger partial charge in [-0.1, -0.05) is 24.1 Å². The van der Waals surface area contributed by atoms with Gasteiger partial charge < -0.3 is 14.2 Å². The molecule has 4 heteroatoms. The summed E-state index contributed by atoms with van der Waals surface area (Å²) in [7, 11) is 1.30. The van der Waals surface area contributed by atoms with Crippen LogP contribution in [0.1, 0.15) is 31.3 Å². The van der Waals surface area contributed by atoms with E-state index in [1.54, 1.807) is 0 Å². The maximum absolute atomic E-state index is 11.1. The van der Waals surface area contributed by atoms with Gasteiger partial charge in [0.25, 0.3) is 0 Å². The first kappa shape index (κ1) is 15.2. The summed E-state index contributed by atoms with van der Waals surface area (Å²) in [5.74, 6) is 4.61. The Bertz CT molecular complexity index is 465. The topological polar surface area (TPSA) is 44.8 Å². The van der Waals surface area contributed by atoms with E-state index in [0.717, 1.165) is 5.56 Å². The van der Waals surface area contributed by atoms with E-state index in [4.69, 9.17) is 9.47 Å². The standard InChI is InChI=1S/C15H18O4/c1-4-18-15(19-5-2)13-9-7-6-8-12(13)10-11-14(16)17-3/h6-9,15H,4-5H2,1-3H3. The molecule has 0 spiro atoms. The Labute approximate surface area is 113 Å². The fourth-order valence-corrected chi connectivity index (χ4v) is 1.52. The minimum atomic E-state index is -0.570. The molecule has 0 bridgehead atoms. The van der Waals surface area contributed by atoms with Crippen LogP contribution in [0.5, 0.6) is 0 Å². The monoisotopic (exact) mass is 262 g/mol. The highest BCUT2D eigenvalue weighted by molar-refractivity contribution is 5.89. The molecule has 0 heterocycles. The summed E-state index contributed by atoms with van der Waals surface area (Å²) in [5, 5.41) is 0. The maximum atomic E-state index is 11.1. The summed E-state index contributed by atoms with van der Waals surface area (Å²) in [4.78, 5) is 11.1. The molecule has 0 fully saturated rings. The lowest BCUT2D eigenvalue weighted by atomic mass is 10.1. The molecule has 0 atom stereocenters. The molecule has 102 valence electrons. The molecule has 1 aromatic carbocycles. The predicted molar refractivity (Wildman–Crippen MR) is 71.3 cm³/mol. The van der Waals surface area contributed by atoms with Crippen LogP contribution in [0.4, 0.5) is 0 Å². The van der Waals surface area contributed by atoms with Crippen LogP contribution in [-0.2, 0) is 19.0 Å². The SMILES string of the molecule is CCOC(OCC)c1ccccc1C#CC(=O)OC. The second-order valence-corrected chi connectivity index (χ2v) is 3.57. The van der Waals surface area contributed by atoms with Crippen molar-refractivity contribution in [2.24, 2.45) is 0 Å². The lowest BCUT2D eigenvalue weighted by Gasteiger charge is -2.18. The summed E-state index contributed by atoms with van der Waals surface area (Å²) in [6, 6.07) is 7.41. The second-order valence-electron chi connectivity index (χ2n) is 3.57. The molecule has 4 nitrogen and oxygen atoms in total. The quantitative estimate of drug-likeness (QED) is 0.464. The van der Waals surface area contributed by atoms with Gasteiger partial charge in [-0.2, -0.15) is 0 Å². The Kier molecular flexibility index (Phi) is 6.65. The molecule has 1 aromatic rings. The van der Waals surface area contributed by atoms with E-state index >= 15 is 0 Å². The van der Waals surface area contributed by atoms with Gasteiger partial charge in [-0.15, -0.1) is 0 Å². The Hall–Kier alpha value is -1.83. The predicted octanol–water partition coefficient (Wildman–Crippen LogP) is 2.28. The number of rotatable bonds is 5. The van der Waals surface area contributed by atoms with Crippen molar-refractivity contribution in [3.8, 4) is 11.8 Å². The number of benzene rings is 1. The first-order valence-electron chi connectivity index (χ1n) is 6.15. The first-order valence-corrected chi connectivity index (χ1v) is 6.15. The van der Waals surface area contributed by atoms with Gasteiger partial charge in [0.1, 0.15) is 0 Å². The molecule has 0 aliphatic carbocycles. The Morgan fingerprint density at radius 1 is 1.21 bits per heavy atom. The zero-order chi connectivity index (χ0) is 14.1. The second kappa shape index (κ2) is 8.30. The molecule has 0 aliphatic heterocycles. The molecule has 0 saturated carbocycles. The van der Waals surface area contributed by atoms with Crippen LogP contribution in [-0.4, -0.2) is 26.3 Å². The van der Waals surface area contributed by atoms with Crippen molar-refractivity contribution in [2.45, 2.75) is 20.1 Å². The normalized spacial score (nSPS) is 9.89. The zero-order valence-corrected chi connectivity index (χ0v) is 11.4.